The maximum absolute atomic E-state index is 13.2. The Kier molecular flexibility index (Phi) is 5.31. The van der Waals surface area contributed by atoms with Crippen LogP contribution in [0.25, 0.3) is 16.9 Å². The Hall–Kier alpha value is -3.46. The number of anilines is 2. The Morgan fingerprint density at radius 3 is 2.68 bits per heavy atom. The van der Waals surface area contributed by atoms with E-state index in [2.05, 4.69) is 61.5 Å². The molecule has 2 N–H and O–H groups in total. The molecule has 1 aliphatic heterocycles. The van der Waals surface area contributed by atoms with Crippen LogP contribution >= 0.6 is 0 Å². The summed E-state index contributed by atoms with van der Waals surface area (Å²) in [5, 5.41) is 12.0. The summed E-state index contributed by atoms with van der Waals surface area (Å²) in [6, 6.07) is 8.68. The first-order valence-electron chi connectivity index (χ1n) is 11.8. The van der Waals surface area contributed by atoms with E-state index in [1.165, 1.54) is 11.1 Å². The molecule has 4 heterocycles. The molecule has 1 aromatic carbocycles. The molecule has 5 rings (SSSR count). The minimum atomic E-state index is -0.176. The maximum atomic E-state index is 13.2. The Morgan fingerprint density at radius 1 is 1.18 bits per heavy atom. The Balaban J connectivity index is 1.58. The van der Waals surface area contributed by atoms with Crippen molar-refractivity contribution in [2.24, 2.45) is 0 Å². The molecule has 0 fully saturated rings. The van der Waals surface area contributed by atoms with Crippen LogP contribution in [0.2, 0.25) is 0 Å². The number of nitrogens with zero attached hydrogens (tertiary/aromatic N) is 6. The van der Waals surface area contributed by atoms with E-state index in [-0.39, 0.29) is 17.1 Å². The minimum absolute atomic E-state index is 0.0755. The zero-order valence-corrected chi connectivity index (χ0v) is 20.6. The quantitative estimate of drug-likeness (QED) is 0.480. The summed E-state index contributed by atoms with van der Waals surface area (Å²) in [4.78, 5) is 22.4. The highest BCUT2D eigenvalue weighted by molar-refractivity contribution is 5.77. The van der Waals surface area contributed by atoms with Crippen molar-refractivity contribution in [3.05, 3.63) is 58.1 Å². The molecule has 0 bridgehead atoms. The van der Waals surface area contributed by atoms with Crippen molar-refractivity contribution >= 4 is 22.7 Å². The van der Waals surface area contributed by atoms with Crippen LogP contribution in [0.5, 0.6) is 0 Å². The van der Waals surface area contributed by atoms with Crippen molar-refractivity contribution in [1.29, 1.82) is 0 Å². The number of nitrogens with one attached hydrogen (secondary N) is 2. The fraction of sp³-hybridized carbons (Fsp3) is 0.440. The van der Waals surface area contributed by atoms with Crippen LogP contribution in [-0.4, -0.2) is 35.2 Å². The molecule has 9 heteroatoms. The smallest absolute Gasteiger partial charge is 0.278 e. The second kappa shape index (κ2) is 8.09. The van der Waals surface area contributed by atoms with Gasteiger partial charge in [0.1, 0.15) is 5.39 Å². The van der Waals surface area contributed by atoms with E-state index < -0.39 is 0 Å². The van der Waals surface area contributed by atoms with E-state index in [0.29, 0.717) is 28.8 Å². The molecular formula is C25H32N8O. The largest absolute Gasteiger partial charge is 0.324 e. The van der Waals surface area contributed by atoms with Crippen LogP contribution in [-0.2, 0) is 18.5 Å². The van der Waals surface area contributed by atoms with Gasteiger partial charge < -0.3 is 10.6 Å². The molecule has 0 amide bonds. The zero-order chi connectivity index (χ0) is 24.2. The fourth-order valence-corrected chi connectivity index (χ4v) is 4.43. The molecule has 9 nitrogen and oxygen atoms in total. The highest BCUT2D eigenvalue weighted by Crippen LogP contribution is 2.24. The van der Waals surface area contributed by atoms with Gasteiger partial charge in [0.15, 0.2) is 11.5 Å². The molecule has 0 spiro atoms. The molecule has 1 atom stereocenters. The molecular weight excluding hydrogens is 428 g/mol. The number of hydrogen-bond acceptors (Lipinski definition) is 6. The van der Waals surface area contributed by atoms with Gasteiger partial charge in [-0.15, -0.1) is 0 Å². The lowest BCUT2D eigenvalue weighted by molar-refractivity contribution is 0.352. The summed E-state index contributed by atoms with van der Waals surface area (Å²) >= 11 is 0. The average molecular weight is 461 g/mol. The van der Waals surface area contributed by atoms with Crippen molar-refractivity contribution in [1.82, 2.24) is 34.4 Å². The van der Waals surface area contributed by atoms with E-state index in [0.717, 1.165) is 18.7 Å². The molecule has 0 saturated heterocycles. The molecule has 0 saturated carbocycles. The monoisotopic (exact) mass is 460 g/mol. The van der Waals surface area contributed by atoms with Gasteiger partial charge in [0.2, 0.25) is 5.95 Å². The summed E-state index contributed by atoms with van der Waals surface area (Å²) in [6.45, 7) is 13.3. The van der Waals surface area contributed by atoms with E-state index in [9.17, 15) is 4.79 Å². The summed E-state index contributed by atoms with van der Waals surface area (Å²) < 4.78 is 5.38. The van der Waals surface area contributed by atoms with E-state index >= 15 is 0 Å². The Bertz CT molecular complexity index is 1420. The van der Waals surface area contributed by atoms with Crippen LogP contribution in [0, 0.1) is 0 Å². The summed E-state index contributed by atoms with van der Waals surface area (Å²) in [6.07, 6.45) is 4.55. The van der Waals surface area contributed by atoms with E-state index in [4.69, 9.17) is 10.1 Å². The van der Waals surface area contributed by atoms with E-state index in [1.54, 1.807) is 15.6 Å². The number of aromatic nitrogens is 6. The number of hydrogen-bond donors (Lipinski definition) is 2. The third-order valence-corrected chi connectivity index (χ3v) is 6.22. The SMILES string of the molecule is CC1Cc2ccc(Nc3ncc4c(=O)n(C(C)C)n(-c5ccn(C(C)(C)C)n5)c4n3)cc2CN1. The average Bonchev–Trinajstić information content (AvgIpc) is 3.37. The van der Waals surface area contributed by atoms with Gasteiger partial charge in [-0.1, -0.05) is 6.07 Å². The third kappa shape index (κ3) is 3.90. The fourth-order valence-electron chi connectivity index (χ4n) is 4.43. The highest BCUT2D eigenvalue weighted by atomic mass is 16.1. The van der Waals surface area contributed by atoms with Gasteiger partial charge in [-0.2, -0.15) is 10.1 Å². The van der Waals surface area contributed by atoms with Gasteiger partial charge in [0, 0.05) is 42.8 Å². The highest BCUT2D eigenvalue weighted by Gasteiger charge is 2.22. The Morgan fingerprint density at radius 2 is 1.97 bits per heavy atom. The van der Waals surface area contributed by atoms with Gasteiger partial charge in [0.05, 0.1) is 5.54 Å². The third-order valence-electron chi connectivity index (χ3n) is 6.22. The molecule has 1 unspecified atom stereocenters. The number of rotatable bonds is 4. The Labute approximate surface area is 198 Å². The van der Waals surface area contributed by atoms with Crippen LogP contribution in [0.4, 0.5) is 11.6 Å². The maximum Gasteiger partial charge on any atom is 0.278 e. The lowest BCUT2D eigenvalue weighted by Gasteiger charge is -2.23. The normalized spacial score (nSPS) is 16.3. The van der Waals surface area contributed by atoms with Crippen LogP contribution in [0.3, 0.4) is 0 Å². The van der Waals surface area contributed by atoms with Crippen molar-refractivity contribution in [3.8, 4) is 5.82 Å². The summed E-state index contributed by atoms with van der Waals surface area (Å²) in [5.74, 6) is 1.09. The van der Waals surface area contributed by atoms with Crippen LogP contribution < -0.4 is 16.2 Å². The number of fused-ring (bicyclic) bond motifs is 2. The van der Waals surface area contributed by atoms with Crippen LogP contribution in [0.15, 0.2) is 41.5 Å². The van der Waals surface area contributed by atoms with Gasteiger partial charge in [-0.3, -0.25) is 9.48 Å². The second-order valence-electron chi connectivity index (χ2n) is 10.4. The summed E-state index contributed by atoms with van der Waals surface area (Å²) in [7, 11) is 0. The van der Waals surface area contributed by atoms with Crippen molar-refractivity contribution in [3.63, 3.8) is 0 Å². The van der Waals surface area contributed by atoms with Crippen molar-refractivity contribution < 1.29 is 0 Å². The predicted molar refractivity (Wildman–Crippen MR) is 134 cm³/mol. The second-order valence-corrected chi connectivity index (χ2v) is 10.4. The molecule has 0 aliphatic carbocycles. The summed E-state index contributed by atoms with van der Waals surface area (Å²) in [5.41, 5.74) is 3.79. The standard InChI is InChI=1S/C25H32N8O/c1-15(2)32-23(34)20-14-27-24(28-19-8-7-17-11-16(3)26-13-18(17)12-19)29-22(20)33(32)21-9-10-31(30-21)25(4,5)6/h7-10,12,14-16,26H,11,13H2,1-6H3,(H,27,28,29). The molecule has 178 valence electrons. The first-order valence-corrected chi connectivity index (χ1v) is 11.8. The molecule has 4 aromatic rings. The first-order chi connectivity index (χ1) is 16.1. The van der Waals surface area contributed by atoms with Gasteiger partial charge in [-0.25, -0.2) is 14.3 Å². The lowest BCUT2D eigenvalue weighted by Crippen LogP contribution is -2.32. The van der Waals surface area contributed by atoms with E-state index in [1.807, 2.05) is 30.8 Å². The predicted octanol–water partition coefficient (Wildman–Crippen LogP) is 3.89. The first kappa shape index (κ1) is 22.3. The molecule has 34 heavy (non-hydrogen) atoms. The molecule has 1 aliphatic rings. The lowest BCUT2D eigenvalue weighted by atomic mass is 9.96. The minimum Gasteiger partial charge on any atom is -0.324 e. The van der Waals surface area contributed by atoms with Gasteiger partial charge in [0.25, 0.3) is 5.56 Å². The number of benzene rings is 1. The zero-order valence-electron chi connectivity index (χ0n) is 20.6. The van der Waals surface area contributed by atoms with Gasteiger partial charge >= 0.3 is 0 Å². The molecule has 3 aromatic heterocycles. The topological polar surface area (TPSA) is 94.6 Å². The van der Waals surface area contributed by atoms with Crippen molar-refractivity contribution in [2.45, 2.75) is 72.1 Å². The van der Waals surface area contributed by atoms with Gasteiger partial charge in [-0.05, 0) is 71.2 Å². The molecule has 0 radical (unpaired) electrons. The van der Waals surface area contributed by atoms with Crippen molar-refractivity contribution in [2.75, 3.05) is 5.32 Å². The van der Waals surface area contributed by atoms with Crippen LogP contribution in [0.1, 0.15) is 58.7 Å².